The van der Waals surface area contributed by atoms with Crippen LogP contribution in [0.4, 0.5) is 30.7 Å². The number of hydrogen-bond acceptors (Lipinski definition) is 2. The van der Waals surface area contributed by atoms with Gasteiger partial charge in [0.15, 0.2) is 0 Å². The molecule has 1 saturated carbocycles. The second-order valence-corrected chi connectivity index (χ2v) is 7.71. The lowest BCUT2D eigenvalue weighted by Crippen LogP contribution is -2.32. The third kappa shape index (κ3) is 5.38. The van der Waals surface area contributed by atoms with Crippen molar-refractivity contribution < 1.29 is 35.5 Å². The molecule has 3 rings (SSSR count). The van der Waals surface area contributed by atoms with E-state index in [9.17, 15) is 30.7 Å². The Morgan fingerprint density at radius 2 is 1.45 bits per heavy atom. The van der Waals surface area contributed by atoms with E-state index in [1.165, 1.54) is 19.1 Å². The minimum atomic E-state index is -4.92. The van der Waals surface area contributed by atoms with E-state index < -0.39 is 41.5 Å². The lowest BCUT2D eigenvalue weighted by atomic mass is 9.92. The molecule has 31 heavy (non-hydrogen) atoms. The smallest absolute Gasteiger partial charge is 0.370 e. The van der Waals surface area contributed by atoms with Gasteiger partial charge in [-0.25, -0.2) is 4.39 Å². The molecular formula is C22H22F7NO. The summed E-state index contributed by atoms with van der Waals surface area (Å²) < 4.78 is 98.3. The van der Waals surface area contributed by atoms with Crippen LogP contribution >= 0.6 is 0 Å². The zero-order valence-electron chi connectivity index (χ0n) is 16.8. The van der Waals surface area contributed by atoms with Crippen LogP contribution in [0.5, 0.6) is 0 Å². The zero-order chi connectivity index (χ0) is 23.0. The van der Waals surface area contributed by atoms with Crippen molar-refractivity contribution in [1.29, 1.82) is 0 Å². The number of ether oxygens (including phenoxy) is 1. The van der Waals surface area contributed by atoms with E-state index in [0.717, 1.165) is 5.56 Å². The molecule has 1 fully saturated rings. The monoisotopic (exact) mass is 449 g/mol. The molecule has 0 heterocycles. The summed E-state index contributed by atoms with van der Waals surface area (Å²) in [5.74, 6) is -0.627. The second kappa shape index (κ2) is 8.78. The Kier molecular flexibility index (Phi) is 6.67. The Balaban J connectivity index is 1.90. The second-order valence-electron chi connectivity index (χ2n) is 7.71. The number of alkyl halides is 6. The van der Waals surface area contributed by atoms with Gasteiger partial charge < -0.3 is 10.1 Å². The van der Waals surface area contributed by atoms with Crippen LogP contribution in [0.15, 0.2) is 42.5 Å². The lowest BCUT2D eigenvalue weighted by Gasteiger charge is -2.28. The van der Waals surface area contributed by atoms with Gasteiger partial charge in [-0.05, 0) is 68.3 Å². The number of nitrogens with one attached hydrogen (secondary N) is 1. The maximum atomic E-state index is 13.3. The summed E-state index contributed by atoms with van der Waals surface area (Å²) in [7, 11) is 1.76. The van der Waals surface area contributed by atoms with Gasteiger partial charge in [0.1, 0.15) is 5.82 Å². The minimum absolute atomic E-state index is 0.0186. The van der Waals surface area contributed by atoms with E-state index in [4.69, 9.17) is 4.74 Å². The number of halogens is 7. The Labute approximate surface area is 175 Å². The molecule has 0 aromatic heterocycles. The summed E-state index contributed by atoms with van der Waals surface area (Å²) in [5, 5.41) is 3.16. The van der Waals surface area contributed by atoms with Crippen LogP contribution in [0.2, 0.25) is 0 Å². The molecule has 0 radical (unpaired) electrons. The molecule has 2 nitrogen and oxygen atoms in total. The molecule has 4 atom stereocenters. The molecule has 0 aliphatic heterocycles. The average molecular weight is 449 g/mol. The van der Waals surface area contributed by atoms with E-state index in [0.29, 0.717) is 25.0 Å². The molecule has 170 valence electrons. The first-order chi connectivity index (χ1) is 14.4. The van der Waals surface area contributed by atoms with Crippen molar-refractivity contribution in [2.75, 3.05) is 7.05 Å². The fourth-order valence-electron chi connectivity index (χ4n) is 4.13. The first kappa shape index (κ1) is 23.5. The van der Waals surface area contributed by atoms with Gasteiger partial charge in [-0.1, -0.05) is 12.1 Å². The molecule has 0 amide bonds. The zero-order valence-corrected chi connectivity index (χ0v) is 16.8. The van der Waals surface area contributed by atoms with Crippen LogP contribution in [0.3, 0.4) is 0 Å². The Morgan fingerprint density at radius 3 is 1.94 bits per heavy atom. The number of rotatable bonds is 5. The molecule has 0 saturated heterocycles. The van der Waals surface area contributed by atoms with Crippen molar-refractivity contribution in [2.24, 2.45) is 0 Å². The topological polar surface area (TPSA) is 21.3 Å². The van der Waals surface area contributed by atoms with Crippen molar-refractivity contribution in [2.45, 2.75) is 56.3 Å². The van der Waals surface area contributed by atoms with Crippen LogP contribution in [-0.2, 0) is 17.1 Å². The fraction of sp³-hybridized carbons (Fsp3) is 0.455. The largest absolute Gasteiger partial charge is 0.416 e. The van der Waals surface area contributed by atoms with Crippen LogP contribution in [0.25, 0.3) is 0 Å². The summed E-state index contributed by atoms with van der Waals surface area (Å²) in [6, 6.07) is 7.31. The normalized spacial score (nSPS) is 23.2. The van der Waals surface area contributed by atoms with Gasteiger partial charge in [0, 0.05) is 12.0 Å². The van der Waals surface area contributed by atoms with Crippen molar-refractivity contribution in [3.05, 3.63) is 70.5 Å². The third-order valence-corrected chi connectivity index (χ3v) is 5.68. The molecular weight excluding hydrogens is 427 g/mol. The van der Waals surface area contributed by atoms with Gasteiger partial charge in [-0.3, -0.25) is 0 Å². The molecule has 1 N–H and O–H groups in total. The van der Waals surface area contributed by atoms with Crippen molar-refractivity contribution in [3.63, 3.8) is 0 Å². The minimum Gasteiger partial charge on any atom is -0.370 e. The van der Waals surface area contributed by atoms with Crippen LogP contribution in [-0.4, -0.2) is 19.2 Å². The highest BCUT2D eigenvalue weighted by Gasteiger charge is 2.40. The summed E-state index contributed by atoms with van der Waals surface area (Å²) in [6.07, 6.45) is -10.0. The molecule has 2 aromatic carbocycles. The lowest BCUT2D eigenvalue weighted by molar-refractivity contribution is -0.143. The summed E-state index contributed by atoms with van der Waals surface area (Å²) in [5.41, 5.74) is -2.16. The van der Waals surface area contributed by atoms with E-state index in [-0.39, 0.29) is 23.6 Å². The quantitative estimate of drug-likeness (QED) is 0.528. The van der Waals surface area contributed by atoms with Gasteiger partial charge in [-0.15, -0.1) is 0 Å². The van der Waals surface area contributed by atoms with E-state index in [2.05, 4.69) is 5.32 Å². The van der Waals surface area contributed by atoms with Crippen molar-refractivity contribution in [1.82, 2.24) is 5.32 Å². The van der Waals surface area contributed by atoms with Crippen LogP contribution in [0, 0.1) is 5.82 Å². The van der Waals surface area contributed by atoms with Gasteiger partial charge in [0.25, 0.3) is 0 Å². The molecule has 3 unspecified atom stereocenters. The summed E-state index contributed by atoms with van der Waals surface area (Å²) in [4.78, 5) is 0. The average Bonchev–Trinajstić information content (AvgIpc) is 3.09. The van der Waals surface area contributed by atoms with Crippen molar-refractivity contribution in [3.8, 4) is 0 Å². The molecule has 0 bridgehead atoms. The van der Waals surface area contributed by atoms with E-state index >= 15 is 0 Å². The predicted molar refractivity (Wildman–Crippen MR) is 101 cm³/mol. The SMILES string of the molecule is CNC1CCC(O[C@@H](C)c2cc(C(F)(F)F)cc(C(F)(F)F)c2)C1c1ccc(F)cc1. The highest BCUT2D eigenvalue weighted by atomic mass is 19.4. The van der Waals surface area contributed by atoms with E-state index in [1.807, 2.05) is 0 Å². The van der Waals surface area contributed by atoms with Crippen LogP contribution in [0.1, 0.15) is 54.0 Å². The molecule has 2 aromatic rings. The Morgan fingerprint density at radius 1 is 0.903 bits per heavy atom. The first-order valence-electron chi connectivity index (χ1n) is 9.77. The standard InChI is InChI=1S/C22H22F7NO/c1-12(14-9-15(21(24,25)26)11-16(10-14)22(27,28)29)31-19-8-7-18(30-2)20(19)13-3-5-17(23)6-4-13/h3-6,9-12,18-20,30H,7-8H2,1-2H3/t12-,18?,19?,20?/m0/s1. The maximum Gasteiger partial charge on any atom is 0.416 e. The molecule has 1 aliphatic carbocycles. The van der Waals surface area contributed by atoms with Gasteiger partial charge in [0.2, 0.25) is 0 Å². The number of benzene rings is 2. The van der Waals surface area contributed by atoms with E-state index in [1.54, 1.807) is 19.2 Å². The highest BCUT2D eigenvalue weighted by molar-refractivity contribution is 5.35. The van der Waals surface area contributed by atoms with Crippen LogP contribution < -0.4 is 5.32 Å². The number of hydrogen-bond donors (Lipinski definition) is 1. The highest BCUT2D eigenvalue weighted by Crippen LogP contribution is 2.41. The Hall–Kier alpha value is -2.13. The molecule has 0 spiro atoms. The summed E-state index contributed by atoms with van der Waals surface area (Å²) >= 11 is 0. The molecule has 1 aliphatic rings. The van der Waals surface area contributed by atoms with Crippen molar-refractivity contribution >= 4 is 0 Å². The fourth-order valence-corrected chi connectivity index (χ4v) is 4.13. The Bertz CT molecular complexity index is 860. The van der Waals surface area contributed by atoms with Gasteiger partial charge in [0.05, 0.1) is 23.3 Å². The third-order valence-electron chi connectivity index (χ3n) is 5.68. The van der Waals surface area contributed by atoms with Gasteiger partial charge in [-0.2, -0.15) is 26.3 Å². The first-order valence-corrected chi connectivity index (χ1v) is 9.77. The maximum absolute atomic E-state index is 13.3. The number of likely N-dealkylation sites (N-methyl/N-ethyl adjacent to an activating group) is 1. The summed E-state index contributed by atoms with van der Waals surface area (Å²) in [6.45, 7) is 1.43. The van der Waals surface area contributed by atoms with Gasteiger partial charge >= 0.3 is 12.4 Å². The predicted octanol–water partition coefficient (Wildman–Crippen LogP) is 6.48. The molecule has 9 heteroatoms.